The molecule has 1 aliphatic heterocycles. The van der Waals surface area contributed by atoms with Crippen LogP contribution in [0.25, 0.3) is 0 Å². The quantitative estimate of drug-likeness (QED) is 0.905. The molecule has 0 bridgehead atoms. The lowest BCUT2D eigenvalue weighted by atomic mass is 9.97. The molecule has 1 atom stereocenters. The number of aryl methyl sites for hydroxylation is 1. The molecule has 112 valence electrons. The number of hydrogen-bond acceptors (Lipinski definition) is 4. The van der Waals surface area contributed by atoms with E-state index in [9.17, 15) is 0 Å². The number of nitrogens with two attached hydrogens (primary N) is 1. The number of hydrogen-bond donors (Lipinski definition) is 1. The third-order valence-corrected chi connectivity index (χ3v) is 3.79. The number of amidine groups is 1. The predicted molar refractivity (Wildman–Crippen MR) is 85.8 cm³/mol. The summed E-state index contributed by atoms with van der Waals surface area (Å²) in [6, 6.07) is 6.14. The van der Waals surface area contributed by atoms with Crippen LogP contribution < -0.4 is 5.73 Å². The Hall–Kier alpha value is -1.10. The molecule has 2 rings (SSSR count). The summed E-state index contributed by atoms with van der Waals surface area (Å²) < 4.78 is 5.14. The van der Waals surface area contributed by atoms with Crippen LogP contribution in [0.5, 0.6) is 0 Å². The van der Waals surface area contributed by atoms with Crippen LogP contribution in [0, 0.1) is 13.8 Å². The minimum absolute atomic E-state index is 0. The molecule has 1 aromatic rings. The number of ether oxygens (including phenoxy) is 1. The molecule has 20 heavy (non-hydrogen) atoms. The number of methoxy groups -OCH3 is 1. The van der Waals surface area contributed by atoms with Crippen LogP contribution in [0.3, 0.4) is 0 Å². The van der Waals surface area contributed by atoms with Gasteiger partial charge >= 0.3 is 0 Å². The molecular weight excluding hydrogens is 274 g/mol. The molecule has 1 aliphatic rings. The standard InChI is InChI=1S/C15H23N3O.ClH/c1-11-5-4-6-13(12(11)2)14(16)15-17-7-8-18(15)9-10-19-3;/h4-6,14H,7-10,16H2,1-3H3;1H. The largest absolute Gasteiger partial charge is 0.383 e. The van der Waals surface area contributed by atoms with Crippen LogP contribution in [-0.2, 0) is 4.74 Å². The fraction of sp³-hybridized carbons (Fsp3) is 0.533. The number of benzene rings is 1. The Morgan fingerprint density at radius 2 is 2.15 bits per heavy atom. The van der Waals surface area contributed by atoms with Gasteiger partial charge < -0.3 is 15.4 Å². The molecule has 0 aliphatic carbocycles. The third kappa shape index (κ3) is 3.51. The fourth-order valence-corrected chi connectivity index (χ4v) is 2.47. The zero-order valence-electron chi connectivity index (χ0n) is 12.4. The van der Waals surface area contributed by atoms with E-state index in [0.29, 0.717) is 6.61 Å². The summed E-state index contributed by atoms with van der Waals surface area (Å²) in [5.41, 5.74) is 10.1. The van der Waals surface area contributed by atoms with Gasteiger partial charge in [0.05, 0.1) is 19.2 Å². The van der Waals surface area contributed by atoms with Crippen LogP contribution in [-0.4, -0.2) is 44.1 Å². The average molecular weight is 298 g/mol. The molecule has 1 heterocycles. The second kappa shape index (κ2) is 7.62. The highest BCUT2D eigenvalue weighted by Crippen LogP contribution is 2.22. The molecule has 0 saturated carbocycles. The van der Waals surface area contributed by atoms with E-state index in [1.807, 2.05) is 0 Å². The number of nitrogens with zero attached hydrogens (tertiary/aromatic N) is 2. The van der Waals surface area contributed by atoms with Gasteiger partial charge in [-0.25, -0.2) is 0 Å². The van der Waals surface area contributed by atoms with Gasteiger partial charge in [0, 0.05) is 20.2 Å². The average Bonchev–Trinajstić information content (AvgIpc) is 2.87. The van der Waals surface area contributed by atoms with Crippen molar-refractivity contribution < 1.29 is 4.74 Å². The van der Waals surface area contributed by atoms with Gasteiger partial charge in [0.25, 0.3) is 0 Å². The SMILES string of the molecule is COCCN1CCN=C1C(N)c1cccc(C)c1C.Cl. The molecule has 2 N–H and O–H groups in total. The Morgan fingerprint density at radius 3 is 2.85 bits per heavy atom. The third-order valence-electron chi connectivity index (χ3n) is 3.79. The number of rotatable bonds is 5. The Balaban J connectivity index is 0.00000200. The van der Waals surface area contributed by atoms with Crippen molar-refractivity contribution >= 4 is 18.2 Å². The molecule has 5 heteroatoms. The number of halogens is 1. The Kier molecular flexibility index (Phi) is 6.46. The van der Waals surface area contributed by atoms with Crippen LogP contribution in [0.15, 0.2) is 23.2 Å². The maximum Gasteiger partial charge on any atom is 0.121 e. The highest BCUT2D eigenvalue weighted by molar-refractivity contribution is 5.90. The zero-order chi connectivity index (χ0) is 13.8. The molecule has 0 amide bonds. The minimum atomic E-state index is -0.140. The van der Waals surface area contributed by atoms with Crippen LogP contribution in [0.2, 0.25) is 0 Å². The van der Waals surface area contributed by atoms with Gasteiger partial charge in [-0.3, -0.25) is 4.99 Å². The van der Waals surface area contributed by atoms with Gasteiger partial charge in [0.1, 0.15) is 5.84 Å². The van der Waals surface area contributed by atoms with Crippen molar-refractivity contribution in [2.24, 2.45) is 10.7 Å². The van der Waals surface area contributed by atoms with Crippen LogP contribution in [0.4, 0.5) is 0 Å². The Bertz CT molecular complexity index is 476. The summed E-state index contributed by atoms with van der Waals surface area (Å²) in [6.45, 7) is 7.57. The zero-order valence-corrected chi connectivity index (χ0v) is 13.2. The van der Waals surface area contributed by atoms with Crippen molar-refractivity contribution in [2.75, 3.05) is 33.4 Å². The lowest BCUT2D eigenvalue weighted by Crippen LogP contribution is -2.38. The second-order valence-corrected chi connectivity index (χ2v) is 4.99. The fourth-order valence-electron chi connectivity index (χ4n) is 2.47. The van der Waals surface area contributed by atoms with E-state index in [-0.39, 0.29) is 18.4 Å². The first-order chi connectivity index (χ1) is 9.15. The van der Waals surface area contributed by atoms with E-state index >= 15 is 0 Å². The first-order valence-electron chi connectivity index (χ1n) is 6.75. The summed E-state index contributed by atoms with van der Waals surface area (Å²) in [7, 11) is 1.72. The van der Waals surface area contributed by atoms with E-state index in [2.05, 4.69) is 41.9 Å². The maximum absolute atomic E-state index is 6.42. The van der Waals surface area contributed by atoms with Gasteiger partial charge in [-0.05, 0) is 30.5 Å². The lowest BCUT2D eigenvalue weighted by Gasteiger charge is -2.25. The maximum atomic E-state index is 6.42. The molecule has 4 nitrogen and oxygen atoms in total. The lowest BCUT2D eigenvalue weighted by molar-refractivity contribution is 0.178. The molecule has 0 fully saturated rings. The Morgan fingerprint density at radius 1 is 1.40 bits per heavy atom. The first kappa shape index (κ1) is 17.0. The second-order valence-electron chi connectivity index (χ2n) is 4.99. The van der Waals surface area contributed by atoms with Gasteiger partial charge in [0.15, 0.2) is 0 Å². The normalized spacial score (nSPS) is 15.8. The molecular formula is C15H24ClN3O. The highest BCUT2D eigenvalue weighted by Gasteiger charge is 2.24. The van der Waals surface area contributed by atoms with Gasteiger partial charge in [-0.2, -0.15) is 0 Å². The van der Waals surface area contributed by atoms with Crippen molar-refractivity contribution in [3.8, 4) is 0 Å². The van der Waals surface area contributed by atoms with Crippen LogP contribution in [0.1, 0.15) is 22.7 Å². The van der Waals surface area contributed by atoms with Crippen molar-refractivity contribution in [3.05, 3.63) is 34.9 Å². The van der Waals surface area contributed by atoms with Gasteiger partial charge in [-0.15, -0.1) is 12.4 Å². The molecule has 0 saturated heterocycles. The predicted octanol–water partition coefficient (Wildman–Crippen LogP) is 2.09. The monoisotopic (exact) mass is 297 g/mol. The number of aliphatic imine (C=N–C) groups is 1. The van der Waals surface area contributed by atoms with Crippen LogP contribution >= 0.6 is 12.4 Å². The minimum Gasteiger partial charge on any atom is -0.383 e. The molecule has 1 unspecified atom stereocenters. The van der Waals surface area contributed by atoms with Crippen molar-refractivity contribution in [2.45, 2.75) is 19.9 Å². The molecule has 0 spiro atoms. The summed E-state index contributed by atoms with van der Waals surface area (Å²) in [4.78, 5) is 6.81. The van der Waals surface area contributed by atoms with Crippen molar-refractivity contribution in [1.29, 1.82) is 0 Å². The Labute approximate surface area is 127 Å². The smallest absolute Gasteiger partial charge is 0.121 e. The molecule has 0 radical (unpaired) electrons. The topological polar surface area (TPSA) is 50.8 Å². The van der Waals surface area contributed by atoms with Crippen molar-refractivity contribution in [3.63, 3.8) is 0 Å². The van der Waals surface area contributed by atoms with Gasteiger partial charge in [-0.1, -0.05) is 18.2 Å². The first-order valence-corrected chi connectivity index (χ1v) is 6.75. The highest BCUT2D eigenvalue weighted by atomic mass is 35.5. The van der Waals surface area contributed by atoms with E-state index in [0.717, 1.165) is 25.5 Å². The van der Waals surface area contributed by atoms with E-state index in [1.165, 1.54) is 16.7 Å². The van der Waals surface area contributed by atoms with Gasteiger partial charge in [0.2, 0.25) is 0 Å². The molecule has 0 aromatic heterocycles. The van der Waals surface area contributed by atoms with E-state index in [1.54, 1.807) is 7.11 Å². The molecule has 1 aromatic carbocycles. The van der Waals surface area contributed by atoms with E-state index < -0.39 is 0 Å². The van der Waals surface area contributed by atoms with Crippen molar-refractivity contribution in [1.82, 2.24) is 4.90 Å². The summed E-state index contributed by atoms with van der Waals surface area (Å²) in [5, 5.41) is 0. The summed E-state index contributed by atoms with van der Waals surface area (Å²) in [6.07, 6.45) is 0. The van der Waals surface area contributed by atoms with E-state index in [4.69, 9.17) is 10.5 Å². The summed E-state index contributed by atoms with van der Waals surface area (Å²) in [5.74, 6) is 0.991. The summed E-state index contributed by atoms with van der Waals surface area (Å²) >= 11 is 0.